The summed E-state index contributed by atoms with van der Waals surface area (Å²) in [5.74, 6) is 6.01. The van der Waals surface area contributed by atoms with Crippen molar-refractivity contribution in [3.05, 3.63) is 28.0 Å². The highest BCUT2D eigenvalue weighted by molar-refractivity contribution is 7.98. The van der Waals surface area contributed by atoms with Gasteiger partial charge in [-0.3, -0.25) is 23.8 Å². The lowest BCUT2D eigenvalue weighted by molar-refractivity contribution is -0.122. The molecule has 17 heteroatoms. The number of rotatable bonds is 6. The van der Waals surface area contributed by atoms with Crippen LogP contribution in [0.15, 0.2) is 9.32 Å². The van der Waals surface area contributed by atoms with Crippen LogP contribution in [-0.2, 0) is 19.3 Å². The van der Waals surface area contributed by atoms with Crippen molar-refractivity contribution in [2.24, 2.45) is 11.8 Å². The Balaban J connectivity index is 0. The minimum absolute atomic E-state index is 0.137. The molecule has 0 saturated carbocycles. The predicted octanol–water partition coefficient (Wildman–Crippen LogP) is 2.38. The topological polar surface area (TPSA) is 231 Å². The number of aromatic nitrogens is 10. The van der Waals surface area contributed by atoms with Crippen molar-refractivity contribution in [1.82, 2.24) is 56.1 Å². The summed E-state index contributed by atoms with van der Waals surface area (Å²) >= 11 is 0. The molecule has 1 amide bonds. The quantitative estimate of drug-likeness (QED) is 0.298. The van der Waals surface area contributed by atoms with Gasteiger partial charge in [-0.1, -0.05) is 84.8 Å². The summed E-state index contributed by atoms with van der Waals surface area (Å²) in [6, 6.07) is 0. The Labute approximate surface area is 241 Å². The molecule has 41 heavy (non-hydrogen) atoms. The monoisotopic (exact) mass is 601 g/mol. The second kappa shape index (κ2) is 20.2. The number of aromatic amines is 3. The Kier molecular flexibility index (Phi) is 19.4. The van der Waals surface area contributed by atoms with Gasteiger partial charge in [0.05, 0.1) is 0 Å². The molecular weight excluding hydrogens is 554 g/mol. The lowest BCUT2D eigenvalue weighted by Gasteiger charge is -2.07. The molecule has 0 aliphatic carbocycles. The number of carbonyl (C=O) groups is 2. The van der Waals surface area contributed by atoms with E-state index in [1.165, 1.54) is 6.26 Å². The molecule has 0 aliphatic rings. The molecule has 3 rings (SSSR count). The number of nitrogens with zero attached hydrogens (tertiary/aromatic N) is 7. The summed E-state index contributed by atoms with van der Waals surface area (Å²) in [7, 11) is -2.37. The summed E-state index contributed by atoms with van der Waals surface area (Å²) in [6.07, 6.45) is 1.40. The fourth-order valence-corrected chi connectivity index (χ4v) is 2.31. The summed E-state index contributed by atoms with van der Waals surface area (Å²) < 4.78 is 17.4. The normalized spacial score (nSPS) is 11.7. The molecule has 0 aliphatic heterocycles. The van der Waals surface area contributed by atoms with Crippen molar-refractivity contribution in [1.29, 1.82) is 0 Å². The Morgan fingerprint density at radius 2 is 1.24 bits per heavy atom. The van der Waals surface area contributed by atoms with E-state index in [4.69, 9.17) is 0 Å². The van der Waals surface area contributed by atoms with Crippen LogP contribution < -0.4 is 10.5 Å². The highest BCUT2D eigenvalue weighted by atomic mass is 32.2. The highest BCUT2D eigenvalue weighted by Gasteiger charge is 2.08. The van der Waals surface area contributed by atoms with Crippen LogP contribution in [0, 0.1) is 11.8 Å². The van der Waals surface area contributed by atoms with Crippen molar-refractivity contribution < 1.29 is 18.3 Å². The third kappa shape index (κ3) is 21.7. The SMILES string of the molecule is C=S(C)(=O)NC(=O)C(C)C.CC(=O)C(C)C.CC(C)c1nn[nH]n1.CC(C)c1nn[nH]n1.CC(C)c1noc(=O)[nH]1. The van der Waals surface area contributed by atoms with Gasteiger partial charge in [0, 0.05) is 45.6 Å². The van der Waals surface area contributed by atoms with E-state index in [-0.39, 0.29) is 29.4 Å². The number of H-pyrrole nitrogens is 3. The minimum Gasteiger partial charge on any atom is -0.300 e. The van der Waals surface area contributed by atoms with Crippen molar-refractivity contribution in [2.45, 2.75) is 93.9 Å². The second-order valence-corrected chi connectivity index (χ2v) is 12.6. The van der Waals surface area contributed by atoms with E-state index in [0.29, 0.717) is 17.7 Å². The van der Waals surface area contributed by atoms with Crippen LogP contribution in [0.4, 0.5) is 0 Å². The lowest BCUT2D eigenvalue weighted by atomic mass is 10.1. The molecule has 0 spiro atoms. The van der Waals surface area contributed by atoms with Crippen LogP contribution in [0.25, 0.3) is 0 Å². The molecule has 0 bridgehead atoms. The number of hydrogen-bond acceptors (Lipinski definition) is 12. The molecular formula is C24H47N11O5S. The van der Waals surface area contributed by atoms with E-state index in [1.807, 2.05) is 55.4 Å². The third-order valence-electron chi connectivity index (χ3n) is 4.41. The zero-order valence-corrected chi connectivity index (χ0v) is 27.0. The molecule has 0 radical (unpaired) electrons. The molecule has 4 N–H and O–H groups in total. The smallest absolute Gasteiger partial charge is 0.300 e. The average Bonchev–Trinajstić information content (AvgIpc) is 3.62. The van der Waals surface area contributed by atoms with Gasteiger partial charge in [-0.25, -0.2) is 9.00 Å². The van der Waals surface area contributed by atoms with Gasteiger partial charge in [-0.05, 0) is 12.8 Å². The van der Waals surface area contributed by atoms with Gasteiger partial charge in [0.1, 0.15) is 5.78 Å². The maximum atomic E-state index is 10.9. The van der Waals surface area contributed by atoms with Crippen LogP contribution in [-0.4, -0.2) is 79.4 Å². The number of Topliss-reactive ketones (excluding diaryl/α,β-unsaturated/α-hetero) is 1. The molecule has 0 aromatic carbocycles. The number of amides is 1. The first-order valence-corrected chi connectivity index (χ1v) is 15.1. The van der Waals surface area contributed by atoms with Crippen LogP contribution in [0.5, 0.6) is 0 Å². The first kappa shape index (κ1) is 39.4. The van der Waals surface area contributed by atoms with Crippen LogP contribution >= 0.6 is 0 Å². The summed E-state index contributed by atoms with van der Waals surface area (Å²) in [5, 5.41) is 30.1. The first-order valence-electron chi connectivity index (χ1n) is 12.9. The molecule has 16 nitrogen and oxygen atoms in total. The number of nitrogens with one attached hydrogen (secondary N) is 4. The van der Waals surface area contributed by atoms with Crippen molar-refractivity contribution in [3.63, 3.8) is 0 Å². The number of carbonyl (C=O) groups excluding carboxylic acids is 2. The molecule has 1 unspecified atom stereocenters. The summed E-state index contributed by atoms with van der Waals surface area (Å²) in [6.45, 7) is 20.8. The molecule has 0 saturated heterocycles. The maximum Gasteiger partial charge on any atom is 0.438 e. The molecule has 3 heterocycles. The van der Waals surface area contributed by atoms with Crippen molar-refractivity contribution in [2.75, 3.05) is 6.26 Å². The Morgan fingerprint density at radius 3 is 1.37 bits per heavy atom. The van der Waals surface area contributed by atoms with E-state index in [9.17, 15) is 18.6 Å². The van der Waals surface area contributed by atoms with E-state index in [1.54, 1.807) is 20.8 Å². The van der Waals surface area contributed by atoms with Gasteiger partial charge in [0.15, 0.2) is 17.5 Å². The summed E-state index contributed by atoms with van der Waals surface area (Å²) in [4.78, 5) is 33.7. The van der Waals surface area contributed by atoms with Gasteiger partial charge in [-0.2, -0.15) is 10.4 Å². The van der Waals surface area contributed by atoms with Gasteiger partial charge < -0.3 is 0 Å². The standard InChI is InChI=1S/C6H13NO2S.C5H8N2O2.C5H10O.2C4H8N4/c1-5(2)6(8)7-10(3,4)9;1-3(2)4-6-5(8)9-7-4;1-4(2)5(3)6;2*1-3(2)4-5-7-8-6-4/h5H,3H2,1-2,4H3,(H,7,8,9);3H,1-2H3,(H,6,7,8);4H,1-3H3;2*3H,1-2H3,(H,5,6,7,8). The molecule has 3 aromatic rings. The minimum atomic E-state index is -2.37. The Hall–Kier alpha value is -3.76. The highest BCUT2D eigenvalue weighted by Crippen LogP contribution is 2.04. The van der Waals surface area contributed by atoms with E-state index < -0.39 is 15.5 Å². The van der Waals surface area contributed by atoms with Crippen LogP contribution in [0.3, 0.4) is 0 Å². The molecule has 3 aromatic heterocycles. The van der Waals surface area contributed by atoms with Gasteiger partial charge >= 0.3 is 5.76 Å². The number of ketones is 1. The van der Waals surface area contributed by atoms with Gasteiger partial charge in [-0.15, -0.1) is 20.4 Å². The lowest BCUT2D eigenvalue weighted by Crippen LogP contribution is -2.32. The van der Waals surface area contributed by atoms with Crippen LogP contribution in [0.1, 0.15) is 111 Å². The molecule has 0 fully saturated rings. The predicted molar refractivity (Wildman–Crippen MR) is 157 cm³/mol. The average molecular weight is 602 g/mol. The van der Waals surface area contributed by atoms with E-state index in [2.05, 4.69) is 66.5 Å². The van der Waals surface area contributed by atoms with Crippen molar-refractivity contribution in [3.8, 4) is 0 Å². The fourth-order valence-electron chi connectivity index (χ4n) is 1.65. The summed E-state index contributed by atoms with van der Waals surface area (Å²) in [5.41, 5.74) is 0. The molecule has 1 atom stereocenters. The van der Waals surface area contributed by atoms with Crippen molar-refractivity contribution >= 4 is 27.3 Å². The third-order valence-corrected chi connectivity index (χ3v) is 5.05. The van der Waals surface area contributed by atoms with Gasteiger partial charge in [0.25, 0.3) is 0 Å². The zero-order valence-electron chi connectivity index (χ0n) is 26.2. The van der Waals surface area contributed by atoms with Gasteiger partial charge in [0.2, 0.25) is 5.91 Å². The zero-order chi connectivity index (χ0) is 32.3. The Bertz CT molecular complexity index is 1210. The Morgan fingerprint density at radius 1 is 0.829 bits per heavy atom. The first-order chi connectivity index (χ1) is 18.8. The second-order valence-electron chi connectivity index (χ2n) is 10.4. The molecule has 234 valence electrons. The van der Waals surface area contributed by atoms with E-state index in [0.717, 1.165) is 11.6 Å². The largest absolute Gasteiger partial charge is 0.438 e. The maximum absolute atomic E-state index is 10.9. The van der Waals surface area contributed by atoms with E-state index >= 15 is 0 Å². The fraction of sp³-hybridized carbons (Fsp3) is 0.708. The number of hydrogen-bond donors (Lipinski definition) is 4. The van der Waals surface area contributed by atoms with Crippen LogP contribution in [0.2, 0.25) is 0 Å². The number of tetrazole rings is 2.